The van der Waals surface area contributed by atoms with Crippen molar-refractivity contribution in [3.8, 4) is 0 Å². The van der Waals surface area contributed by atoms with Crippen molar-refractivity contribution in [3.05, 3.63) is 18.0 Å². The molecule has 0 unspecified atom stereocenters. The SMILES string of the molecule is O=C([O-])CCc1ccno1. The highest BCUT2D eigenvalue weighted by molar-refractivity contribution is 5.64. The molecule has 0 radical (unpaired) electrons. The van der Waals surface area contributed by atoms with Crippen molar-refractivity contribution in [2.45, 2.75) is 12.8 Å². The van der Waals surface area contributed by atoms with Crippen molar-refractivity contribution in [2.75, 3.05) is 0 Å². The standard InChI is InChI=1S/C6H7NO3/c8-6(9)2-1-5-3-4-7-10-5/h3-4H,1-2H2,(H,8,9)/p-1. The number of carbonyl (C=O) groups excluding carboxylic acids is 1. The molecule has 0 aliphatic heterocycles. The van der Waals surface area contributed by atoms with E-state index >= 15 is 0 Å². The molecule has 0 aromatic carbocycles. The van der Waals surface area contributed by atoms with Gasteiger partial charge in [-0.25, -0.2) is 0 Å². The average Bonchev–Trinajstić information content (AvgIpc) is 2.34. The Balaban J connectivity index is 2.35. The molecule has 1 aromatic heterocycles. The Bertz CT molecular complexity index is 205. The van der Waals surface area contributed by atoms with Crippen LogP contribution in [0.1, 0.15) is 12.2 Å². The van der Waals surface area contributed by atoms with Crippen LogP contribution in [0.15, 0.2) is 16.8 Å². The number of carboxylic acid groups (broad SMARTS) is 1. The van der Waals surface area contributed by atoms with Crippen molar-refractivity contribution in [2.24, 2.45) is 0 Å². The summed E-state index contributed by atoms with van der Waals surface area (Å²) in [5.41, 5.74) is 0. The lowest BCUT2D eigenvalue weighted by atomic mass is 10.2. The molecule has 0 saturated heterocycles. The number of aromatic nitrogens is 1. The van der Waals surface area contributed by atoms with Gasteiger partial charge in [-0.3, -0.25) is 0 Å². The molecular formula is C6H6NO3-. The minimum atomic E-state index is -1.07. The largest absolute Gasteiger partial charge is 0.550 e. The zero-order chi connectivity index (χ0) is 7.40. The zero-order valence-corrected chi connectivity index (χ0v) is 5.24. The molecule has 0 saturated carbocycles. The minimum absolute atomic E-state index is 0.0187. The molecule has 1 heterocycles. The molecule has 0 spiro atoms. The van der Waals surface area contributed by atoms with E-state index in [0.717, 1.165) is 0 Å². The van der Waals surface area contributed by atoms with Gasteiger partial charge in [0, 0.05) is 18.5 Å². The number of aliphatic carboxylic acids is 1. The normalized spacial score (nSPS) is 9.60. The first-order valence-electron chi connectivity index (χ1n) is 2.88. The second kappa shape index (κ2) is 3.00. The molecule has 0 N–H and O–H groups in total. The number of hydrogen-bond donors (Lipinski definition) is 0. The Hall–Kier alpha value is -1.32. The fourth-order valence-corrected chi connectivity index (χ4v) is 0.596. The Morgan fingerprint density at radius 3 is 3.10 bits per heavy atom. The maximum absolute atomic E-state index is 9.92. The van der Waals surface area contributed by atoms with Gasteiger partial charge in [-0.15, -0.1) is 0 Å². The van der Waals surface area contributed by atoms with E-state index in [1.165, 1.54) is 6.20 Å². The lowest BCUT2D eigenvalue weighted by Crippen LogP contribution is -2.22. The maximum Gasteiger partial charge on any atom is 0.137 e. The lowest BCUT2D eigenvalue weighted by molar-refractivity contribution is -0.305. The summed E-state index contributed by atoms with van der Waals surface area (Å²) in [5, 5.41) is 13.3. The molecule has 0 atom stereocenters. The summed E-state index contributed by atoms with van der Waals surface area (Å²) in [6, 6.07) is 1.63. The fraction of sp³-hybridized carbons (Fsp3) is 0.333. The van der Waals surface area contributed by atoms with Crippen LogP contribution in [-0.4, -0.2) is 11.1 Å². The minimum Gasteiger partial charge on any atom is -0.550 e. The Kier molecular flexibility index (Phi) is 2.04. The van der Waals surface area contributed by atoms with E-state index in [-0.39, 0.29) is 6.42 Å². The smallest absolute Gasteiger partial charge is 0.137 e. The average molecular weight is 140 g/mol. The van der Waals surface area contributed by atoms with Crippen LogP contribution < -0.4 is 5.11 Å². The van der Waals surface area contributed by atoms with Crippen molar-refractivity contribution in [3.63, 3.8) is 0 Å². The summed E-state index contributed by atoms with van der Waals surface area (Å²) in [6.07, 6.45) is 1.81. The molecular weight excluding hydrogens is 134 g/mol. The topological polar surface area (TPSA) is 66.2 Å². The zero-order valence-electron chi connectivity index (χ0n) is 5.24. The molecule has 0 bridgehead atoms. The van der Waals surface area contributed by atoms with Gasteiger partial charge in [-0.05, 0) is 6.42 Å². The van der Waals surface area contributed by atoms with Gasteiger partial charge >= 0.3 is 0 Å². The Labute approximate surface area is 57.4 Å². The highest BCUT2D eigenvalue weighted by atomic mass is 16.5. The highest BCUT2D eigenvalue weighted by Crippen LogP contribution is 1.99. The molecule has 0 aliphatic rings. The number of hydrogen-bond acceptors (Lipinski definition) is 4. The third-order valence-corrected chi connectivity index (χ3v) is 1.07. The van der Waals surface area contributed by atoms with E-state index in [2.05, 4.69) is 9.68 Å². The molecule has 54 valence electrons. The third kappa shape index (κ3) is 1.89. The van der Waals surface area contributed by atoms with Gasteiger partial charge < -0.3 is 14.4 Å². The highest BCUT2D eigenvalue weighted by Gasteiger charge is 1.95. The van der Waals surface area contributed by atoms with Gasteiger partial charge in [0.15, 0.2) is 0 Å². The van der Waals surface area contributed by atoms with Crippen LogP contribution in [0.3, 0.4) is 0 Å². The van der Waals surface area contributed by atoms with Crippen LogP contribution in [0.5, 0.6) is 0 Å². The van der Waals surface area contributed by atoms with Crippen molar-refractivity contribution < 1.29 is 14.4 Å². The third-order valence-electron chi connectivity index (χ3n) is 1.07. The van der Waals surface area contributed by atoms with Crippen LogP contribution in [-0.2, 0) is 11.2 Å². The predicted molar refractivity (Wildman–Crippen MR) is 29.8 cm³/mol. The van der Waals surface area contributed by atoms with Crippen LogP contribution in [0, 0.1) is 0 Å². The summed E-state index contributed by atoms with van der Waals surface area (Å²) in [6.45, 7) is 0. The number of rotatable bonds is 3. The molecule has 1 aromatic rings. The van der Waals surface area contributed by atoms with E-state index in [1.54, 1.807) is 6.07 Å². The molecule has 10 heavy (non-hydrogen) atoms. The van der Waals surface area contributed by atoms with E-state index < -0.39 is 5.97 Å². The van der Waals surface area contributed by atoms with Crippen LogP contribution in [0.25, 0.3) is 0 Å². The van der Waals surface area contributed by atoms with E-state index in [4.69, 9.17) is 0 Å². The second-order valence-corrected chi connectivity index (χ2v) is 1.85. The number of aryl methyl sites for hydroxylation is 1. The summed E-state index contributed by atoms with van der Waals surface area (Å²) >= 11 is 0. The second-order valence-electron chi connectivity index (χ2n) is 1.85. The van der Waals surface area contributed by atoms with Gasteiger partial charge in [-0.1, -0.05) is 5.16 Å². The quantitative estimate of drug-likeness (QED) is 0.560. The maximum atomic E-state index is 9.92. The molecule has 0 fully saturated rings. The molecule has 0 amide bonds. The number of carbonyl (C=O) groups is 1. The summed E-state index contributed by atoms with van der Waals surface area (Å²) in [7, 11) is 0. The van der Waals surface area contributed by atoms with Crippen LogP contribution in [0.4, 0.5) is 0 Å². The van der Waals surface area contributed by atoms with E-state index in [9.17, 15) is 9.90 Å². The first-order chi connectivity index (χ1) is 4.79. The molecule has 1 rings (SSSR count). The first-order valence-corrected chi connectivity index (χ1v) is 2.88. The van der Waals surface area contributed by atoms with Gasteiger partial charge in [0.05, 0.1) is 6.20 Å². The van der Waals surface area contributed by atoms with E-state index in [1.807, 2.05) is 0 Å². The monoisotopic (exact) mass is 140 g/mol. The first kappa shape index (κ1) is 6.80. The predicted octanol–water partition coefficient (Wildman–Crippen LogP) is -0.643. The summed E-state index contributed by atoms with van der Waals surface area (Å²) in [5.74, 6) is -0.499. The van der Waals surface area contributed by atoms with Gasteiger partial charge in [0.25, 0.3) is 0 Å². The van der Waals surface area contributed by atoms with Gasteiger partial charge in [-0.2, -0.15) is 0 Å². The van der Waals surface area contributed by atoms with Crippen LogP contribution >= 0.6 is 0 Å². The fourth-order valence-electron chi connectivity index (χ4n) is 0.596. The summed E-state index contributed by atoms with van der Waals surface area (Å²) in [4.78, 5) is 9.92. The Morgan fingerprint density at radius 2 is 2.60 bits per heavy atom. The van der Waals surface area contributed by atoms with Crippen LogP contribution in [0.2, 0.25) is 0 Å². The lowest BCUT2D eigenvalue weighted by Gasteiger charge is -1.96. The molecule has 0 aliphatic carbocycles. The molecule has 4 heteroatoms. The summed E-state index contributed by atoms with van der Waals surface area (Å²) < 4.78 is 4.64. The van der Waals surface area contributed by atoms with Crippen molar-refractivity contribution >= 4 is 5.97 Å². The molecule has 4 nitrogen and oxygen atoms in total. The Morgan fingerprint density at radius 1 is 1.80 bits per heavy atom. The van der Waals surface area contributed by atoms with Crippen molar-refractivity contribution in [1.82, 2.24) is 5.16 Å². The van der Waals surface area contributed by atoms with Gasteiger partial charge in [0.2, 0.25) is 0 Å². The number of carboxylic acids is 1. The van der Waals surface area contributed by atoms with E-state index in [0.29, 0.717) is 12.2 Å². The van der Waals surface area contributed by atoms with Gasteiger partial charge in [0.1, 0.15) is 5.76 Å². The number of nitrogens with zero attached hydrogens (tertiary/aromatic N) is 1. The van der Waals surface area contributed by atoms with Crippen molar-refractivity contribution in [1.29, 1.82) is 0 Å².